The molecule has 0 unspecified atom stereocenters. The van der Waals surface area contributed by atoms with Crippen molar-refractivity contribution in [1.82, 2.24) is 44.2 Å². The molecule has 1 aliphatic heterocycles. The molecular formula is C37H36BrClF5N11O3. The maximum Gasteiger partial charge on any atom is 0.408 e. The summed E-state index contributed by atoms with van der Waals surface area (Å²) in [6.45, 7) is 5.74. The molecule has 7 rings (SSSR count). The van der Waals surface area contributed by atoms with Crippen molar-refractivity contribution < 1.29 is 36.3 Å². The largest absolute Gasteiger partial charge is 0.447 e. The Bertz CT molecular complexity index is 2480. The number of halogens is 7. The zero-order valence-electron chi connectivity index (χ0n) is 31.2. The highest BCUT2D eigenvalue weighted by Crippen LogP contribution is 2.45. The number of hydrogen-bond donors (Lipinski definition) is 2. The topological polar surface area (TPSA) is 162 Å². The van der Waals surface area contributed by atoms with Crippen LogP contribution in [0.5, 0.6) is 0 Å². The lowest BCUT2D eigenvalue weighted by molar-refractivity contribution is -0.150. The average Bonchev–Trinajstić information content (AvgIpc) is 3.96. The van der Waals surface area contributed by atoms with Gasteiger partial charge in [-0.1, -0.05) is 38.4 Å². The van der Waals surface area contributed by atoms with E-state index in [2.05, 4.69) is 36.2 Å². The van der Waals surface area contributed by atoms with E-state index in [9.17, 15) is 31.5 Å². The molecule has 1 aromatic carbocycles. The highest BCUT2D eigenvalue weighted by atomic mass is 79.9. The average molecular weight is 893 g/mol. The van der Waals surface area contributed by atoms with Crippen molar-refractivity contribution in [3.63, 3.8) is 0 Å². The van der Waals surface area contributed by atoms with Crippen LogP contribution in [-0.2, 0) is 15.1 Å². The van der Waals surface area contributed by atoms with Crippen molar-refractivity contribution >= 4 is 56.5 Å². The number of guanidine groups is 1. The minimum atomic E-state index is -4.76. The van der Waals surface area contributed by atoms with E-state index in [0.29, 0.717) is 11.1 Å². The number of carbonyl (C=O) groups is 2. The number of aromatic nitrogens is 7. The molecule has 21 heteroatoms. The second kappa shape index (κ2) is 16.3. The van der Waals surface area contributed by atoms with Crippen LogP contribution in [0.15, 0.2) is 95.2 Å². The van der Waals surface area contributed by atoms with E-state index in [1.54, 1.807) is 46.6 Å². The maximum atomic E-state index is 14.7. The Morgan fingerprint density at radius 2 is 1.71 bits per heavy atom. The molecule has 306 valence electrons. The summed E-state index contributed by atoms with van der Waals surface area (Å²) in [6.07, 6.45) is -1.19. The standard InChI is InChI=1S/C30H31ClF5N9O3.C7H5BrN2/c1-16(30(34,35)36)41-27(47)48-13-22(17-5-6-20(31)21(11-17)45-24(23(32)33)38-15-40-45)44-25(46)29(42-26(44)37,14-28(2,3)4)18-8-10-43-19(12-18)7-9-39-43;8-6-1-2-7-3-4-9-10(7)5-6/h5-12,15-16,22-23H,13-14H2,1-4H3,(H2,37,42)(H,41,47);1-5H/t16-,22+,29+;/m0./s1. The van der Waals surface area contributed by atoms with Gasteiger partial charge in [-0.3, -0.25) is 9.69 Å². The van der Waals surface area contributed by atoms with E-state index in [1.165, 1.54) is 18.2 Å². The molecule has 3 N–H and O–H groups in total. The molecule has 0 bridgehead atoms. The van der Waals surface area contributed by atoms with Gasteiger partial charge < -0.3 is 15.8 Å². The van der Waals surface area contributed by atoms with E-state index in [0.717, 1.165) is 32.8 Å². The minimum Gasteiger partial charge on any atom is -0.447 e. The number of amides is 2. The summed E-state index contributed by atoms with van der Waals surface area (Å²) in [7, 11) is 0. The Labute approximate surface area is 340 Å². The summed E-state index contributed by atoms with van der Waals surface area (Å²) in [5.41, 5.74) is 6.78. The molecule has 0 radical (unpaired) electrons. The number of carbonyl (C=O) groups excluding carboxylic acids is 2. The van der Waals surface area contributed by atoms with Gasteiger partial charge in [-0.25, -0.2) is 37.3 Å². The lowest BCUT2D eigenvalue weighted by Crippen LogP contribution is -2.48. The van der Waals surface area contributed by atoms with E-state index in [1.807, 2.05) is 49.7 Å². The molecule has 1 aliphatic rings. The smallest absolute Gasteiger partial charge is 0.408 e. The van der Waals surface area contributed by atoms with Gasteiger partial charge in [-0.2, -0.15) is 28.5 Å². The summed E-state index contributed by atoms with van der Waals surface area (Å²) < 4.78 is 77.4. The van der Waals surface area contributed by atoms with Gasteiger partial charge in [0, 0.05) is 29.3 Å². The first-order valence-corrected chi connectivity index (χ1v) is 18.6. The molecule has 0 fully saturated rings. The number of nitrogens with zero attached hydrogens (tertiary/aromatic N) is 9. The summed E-state index contributed by atoms with van der Waals surface area (Å²) in [6, 6.07) is 11.7. The molecule has 6 heterocycles. The molecule has 0 aliphatic carbocycles. The first-order chi connectivity index (χ1) is 27.3. The number of rotatable bonds is 9. The summed E-state index contributed by atoms with van der Waals surface area (Å²) in [5.74, 6) is -1.62. The zero-order chi connectivity index (χ0) is 42.2. The number of nitrogens with one attached hydrogen (secondary N) is 1. The second-order valence-electron chi connectivity index (χ2n) is 14.5. The monoisotopic (exact) mass is 891 g/mol. The Morgan fingerprint density at radius 3 is 2.40 bits per heavy atom. The lowest BCUT2D eigenvalue weighted by Gasteiger charge is -2.35. The number of hydrogen-bond acceptors (Lipinski definition) is 9. The highest BCUT2D eigenvalue weighted by molar-refractivity contribution is 9.10. The lowest BCUT2D eigenvalue weighted by atomic mass is 9.75. The number of fused-ring (bicyclic) bond motifs is 2. The van der Waals surface area contributed by atoms with Crippen molar-refractivity contribution in [2.24, 2.45) is 16.1 Å². The van der Waals surface area contributed by atoms with Crippen LogP contribution in [0.25, 0.3) is 16.7 Å². The number of alkyl carbamates (subject to hydrolysis) is 1. The molecule has 58 heavy (non-hydrogen) atoms. The van der Waals surface area contributed by atoms with Crippen LogP contribution < -0.4 is 11.1 Å². The molecule has 2 amide bonds. The van der Waals surface area contributed by atoms with Crippen LogP contribution in [0.1, 0.15) is 63.5 Å². The van der Waals surface area contributed by atoms with E-state index in [4.69, 9.17) is 27.1 Å². The van der Waals surface area contributed by atoms with Crippen LogP contribution in [0.3, 0.4) is 0 Å². The van der Waals surface area contributed by atoms with E-state index >= 15 is 0 Å². The van der Waals surface area contributed by atoms with Crippen molar-refractivity contribution in [1.29, 1.82) is 0 Å². The second-order valence-corrected chi connectivity index (χ2v) is 15.8. The highest BCUT2D eigenvalue weighted by Gasteiger charge is 2.53. The maximum absolute atomic E-state index is 14.7. The number of benzene rings is 1. The molecular weight excluding hydrogens is 857 g/mol. The quantitative estimate of drug-likeness (QED) is 0.139. The van der Waals surface area contributed by atoms with Crippen LogP contribution in [0, 0.1) is 5.41 Å². The van der Waals surface area contributed by atoms with Gasteiger partial charge in [0.1, 0.15) is 19.0 Å². The van der Waals surface area contributed by atoms with Crippen LogP contribution in [-0.4, -0.2) is 75.7 Å². The number of ether oxygens (including phenoxy) is 1. The van der Waals surface area contributed by atoms with Gasteiger partial charge in [0.2, 0.25) is 0 Å². The van der Waals surface area contributed by atoms with Gasteiger partial charge in [0.15, 0.2) is 17.3 Å². The molecule has 0 saturated heterocycles. The molecule has 5 aromatic heterocycles. The van der Waals surface area contributed by atoms with Crippen LogP contribution in [0.2, 0.25) is 5.02 Å². The van der Waals surface area contributed by atoms with Crippen LogP contribution in [0.4, 0.5) is 26.7 Å². The molecule has 0 spiro atoms. The third-order valence-electron chi connectivity index (χ3n) is 9.01. The van der Waals surface area contributed by atoms with Gasteiger partial charge in [-0.05, 0) is 94.3 Å². The summed E-state index contributed by atoms with van der Waals surface area (Å²) in [5, 5.41) is 13.8. The normalized spacial score (nSPS) is 17.0. The van der Waals surface area contributed by atoms with E-state index < -0.39 is 60.1 Å². The van der Waals surface area contributed by atoms with Crippen molar-refractivity contribution in [3.8, 4) is 5.69 Å². The summed E-state index contributed by atoms with van der Waals surface area (Å²) >= 11 is 9.73. The molecule has 0 saturated carbocycles. The number of pyridine rings is 2. The first-order valence-electron chi connectivity index (χ1n) is 17.5. The molecule has 3 atom stereocenters. The van der Waals surface area contributed by atoms with Crippen molar-refractivity contribution in [3.05, 3.63) is 112 Å². The Balaban J connectivity index is 0.000000489. The third-order valence-corrected chi connectivity index (χ3v) is 9.80. The van der Waals surface area contributed by atoms with Crippen LogP contribution >= 0.6 is 27.5 Å². The van der Waals surface area contributed by atoms with Crippen molar-refractivity contribution in [2.45, 2.75) is 64.3 Å². The SMILES string of the molecule is Brc1ccc2ccnn2c1.C[C@H](NC(=O)OC[C@H](c1ccc(Cl)c(-n2ncnc2C(F)F)c1)N1C(=O)[C@@](CC(C)(C)C)(c2ccn3nccc3c2)N=C1N)C(F)(F)F. The van der Waals surface area contributed by atoms with Gasteiger partial charge >= 0.3 is 12.3 Å². The fraction of sp³-hybridized carbons (Fsp3) is 0.324. The fourth-order valence-corrected chi connectivity index (χ4v) is 6.93. The molecule has 6 aromatic rings. The minimum absolute atomic E-state index is 0.0202. The Kier molecular flexibility index (Phi) is 11.8. The molecule has 14 nitrogen and oxygen atoms in total. The fourth-order valence-electron chi connectivity index (χ4n) is 6.40. The van der Waals surface area contributed by atoms with Gasteiger partial charge in [0.05, 0.1) is 27.8 Å². The predicted octanol–water partition coefficient (Wildman–Crippen LogP) is 7.81. The Morgan fingerprint density at radius 1 is 1.00 bits per heavy atom. The number of aliphatic imine (C=N–C) groups is 1. The number of nitrogens with two attached hydrogens (primary N) is 1. The third kappa shape index (κ3) is 8.91. The zero-order valence-corrected chi connectivity index (χ0v) is 33.5. The van der Waals surface area contributed by atoms with E-state index in [-0.39, 0.29) is 28.7 Å². The Hall–Kier alpha value is -5.63. The first kappa shape index (κ1) is 42.0. The van der Waals surface area contributed by atoms with Gasteiger partial charge in [-0.15, -0.1) is 0 Å². The predicted molar refractivity (Wildman–Crippen MR) is 206 cm³/mol. The van der Waals surface area contributed by atoms with Gasteiger partial charge in [0.25, 0.3) is 12.3 Å². The summed E-state index contributed by atoms with van der Waals surface area (Å²) in [4.78, 5) is 36.6. The van der Waals surface area contributed by atoms with Crippen molar-refractivity contribution in [2.75, 3.05) is 6.61 Å². The number of alkyl halides is 5.